The van der Waals surface area contributed by atoms with E-state index in [0.29, 0.717) is 17.1 Å². The number of halogens is 2. The van der Waals surface area contributed by atoms with Gasteiger partial charge in [-0.05, 0) is 55.5 Å². The van der Waals surface area contributed by atoms with Gasteiger partial charge in [0.25, 0.3) is 5.91 Å². The van der Waals surface area contributed by atoms with Crippen molar-refractivity contribution in [2.45, 2.75) is 13.0 Å². The van der Waals surface area contributed by atoms with Gasteiger partial charge in [0.1, 0.15) is 23.4 Å². The van der Waals surface area contributed by atoms with Gasteiger partial charge in [0, 0.05) is 5.56 Å². The number of aromatic nitrogens is 2. The molecule has 0 saturated carbocycles. The predicted molar refractivity (Wildman–Crippen MR) is 88.1 cm³/mol. The Kier molecular flexibility index (Phi) is 5.21. The van der Waals surface area contributed by atoms with Gasteiger partial charge < -0.3 is 14.6 Å². The third-order valence-corrected chi connectivity index (χ3v) is 3.48. The second kappa shape index (κ2) is 7.73. The minimum Gasteiger partial charge on any atom is -0.484 e. The van der Waals surface area contributed by atoms with E-state index in [-0.39, 0.29) is 24.1 Å². The Morgan fingerprint density at radius 2 is 1.73 bits per heavy atom. The fourth-order valence-corrected chi connectivity index (χ4v) is 2.15. The first-order valence-corrected chi connectivity index (χ1v) is 7.78. The van der Waals surface area contributed by atoms with Crippen LogP contribution in [0.4, 0.5) is 8.78 Å². The van der Waals surface area contributed by atoms with E-state index in [1.54, 1.807) is 6.92 Å². The van der Waals surface area contributed by atoms with Gasteiger partial charge in [0.15, 0.2) is 6.61 Å². The highest BCUT2D eigenvalue weighted by atomic mass is 19.1. The van der Waals surface area contributed by atoms with Crippen LogP contribution in [0.15, 0.2) is 53.1 Å². The fraction of sp³-hybridized carbons (Fsp3) is 0.167. The van der Waals surface area contributed by atoms with Crippen LogP contribution in [0.2, 0.25) is 0 Å². The van der Waals surface area contributed by atoms with Gasteiger partial charge in [-0.25, -0.2) is 8.78 Å². The van der Waals surface area contributed by atoms with Gasteiger partial charge in [-0.15, -0.1) is 0 Å². The molecule has 1 aromatic heterocycles. The number of benzene rings is 2. The van der Waals surface area contributed by atoms with E-state index in [1.807, 2.05) is 0 Å². The molecule has 0 spiro atoms. The lowest BCUT2D eigenvalue weighted by Crippen LogP contribution is -2.31. The summed E-state index contributed by atoms with van der Waals surface area (Å²) in [6.45, 7) is 1.44. The number of nitrogens with zero attached hydrogens (tertiary/aromatic N) is 2. The van der Waals surface area contributed by atoms with E-state index in [0.717, 1.165) is 0 Å². The summed E-state index contributed by atoms with van der Waals surface area (Å²) in [6, 6.07) is 10.5. The zero-order valence-electron chi connectivity index (χ0n) is 13.8. The third kappa shape index (κ3) is 4.41. The maximum atomic E-state index is 13.0. The quantitative estimate of drug-likeness (QED) is 0.731. The Bertz CT molecular complexity index is 879. The van der Waals surface area contributed by atoms with E-state index < -0.39 is 11.9 Å². The number of amides is 1. The average molecular weight is 359 g/mol. The second-order valence-electron chi connectivity index (χ2n) is 5.49. The lowest BCUT2D eigenvalue weighted by Gasteiger charge is -2.10. The molecule has 1 heterocycles. The number of carbonyl (C=O) groups is 1. The summed E-state index contributed by atoms with van der Waals surface area (Å²) in [6.07, 6.45) is 0. The van der Waals surface area contributed by atoms with Crippen molar-refractivity contribution in [1.29, 1.82) is 0 Å². The number of rotatable bonds is 6. The van der Waals surface area contributed by atoms with Crippen LogP contribution in [0, 0.1) is 11.6 Å². The molecule has 1 N–H and O–H groups in total. The summed E-state index contributed by atoms with van der Waals surface area (Å²) in [5.41, 5.74) is 0.597. The zero-order chi connectivity index (χ0) is 18.5. The SMILES string of the molecule is C[C@H](NC(=O)COc1ccc(F)cc1)c1nc(-c2ccc(F)cc2)no1. The van der Waals surface area contributed by atoms with Crippen LogP contribution in [0.1, 0.15) is 18.9 Å². The number of hydrogen-bond acceptors (Lipinski definition) is 5. The van der Waals surface area contributed by atoms with Gasteiger partial charge in [-0.3, -0.25) is 4.79 Å². The molecule has 8 heteroatoms. The summed E-state index contributed by atoms with van der Waals surface area (Å²) in [5, 5.41) is 6.48. The summed E-state index contributed by atoms with van der Waals surface area (Å²) in [5.74, 6) is -0.264. The Morgan fingerprint density at radius 3 is 2.38 bits per heavy atom. The van der Waals surface area contributed by atoms with Crippen LogP contribution < -0.4 is 10.1 Å². The van der Waals surface area contributed by atoms with E-state index in [1.165, 1.54) is 48.5 Å². The van der Waals surface area contributed by atoms with Crippen molar-refractivity contribution in [2.24, 2.45) is 0 Å². The van der Waals surface area contributed by atoms with Crippen LogP contribution in [-0.2, 0) is 4.79 Å². The largest absolute Gasteiger partial charge is 0.484 e. The molecule has 0 unspecified atom stereocenters. The van der Waals surface area contributed by atoms with Crippen molar-refractivity contribution in [3.05, 3.63) is 66.1 Å². The lowest BCUT2D eigenvalue weighted by molar-refractivity contribution is -0.123. The molecule has 134 valence electrons. The standard InChI is InChI=1S/C18H15F2N3O3/c1-11(21-16(24)10-25-15-8-6-14(20)7-9-15)18-22-17(23-26-18)12-2-4-13(19)5-3-12/h2-9,11H,10H2,1H3,(H,21,24)/t11-/m0/s1. The molecule has 0 fully saturated rings. The topological polar surface area (TPSA) is 77.2 Å². The molecule has 3 rings (SSSR count). The normalized spacial score (nSPS) is 11.8. The molecule has 1 amide bonds. The van der Waals surface area contributed by atoms with Crippen molar-refractivity contribution in [2.75, 3.05) is 6.61 Å². The number of nitrogens with one attached hydrogen (secondary N) is 1. The Morgan fingerprint density at radius 1 is 1.12 bits per heavy atom. The maximum Gasteiger partial charge on any atom is 0.258 e. The average Bonchev–Trinajstić information content (AvgIpc) is 3.12. The van der Waals surface area contributed by atoms with Crippen molar-refractivity contribution < 1.29 is 22.8 Å². The predicted octanol–water partition coefficient (Wildman–Crippen LogP) is 3.27. The van der Waals surface area contributed by atoms with Gasteiger partial charge in [-0.2, -0.15) is 4.98 Å². The zero-order valence-corrected chi connectivity index (χ0v) is 13.8. The second-order valence-corrected chi connectivity index (χ2v) is 5.49. The molecule has 0 aliphatic carbocycles. The Hall–Kier alpha value is -3.29. The van der Waals surface area contributed by atoms with Gasteiger partial charge in [0.05, 0.1) is 0 Å². The molecule has 26 heavy (non-hydrogen) atoms. The van der Waals surface area contributed by atoms with E-state index in [2.05, 4.69) is 15.5 Å². The highest BCUT2D eigenvalue weighted by molar-refractivity contribution is 5.77. The van der Waals surface area contributed by atoms with Crippen molar-refractivity contribution >= 4 is 5.91 Å². The van der Waals surface area contributed by atoms with Crippen LogP contribution in [-0.4, -0.2) is 22.7 Å². The monoisotopic (exact) mass is 359 g/mol. The molecule has 6 nitrogen and oxygen atoms in total. The van der Waals surface area contributed by atoms with E-state index in [4.69, 9.17) is 9.26 Å². The molecule has 3 aromatic rings. The third-order valence-electron chi connectivity index (χ3n) is 3.48. The van der Waals surface area contributed by atoms with Crippen LogP contribution in [0.25, 0.3) is 11.4 Å². The van der Waals surface area contributed by atoms with Crippen molar-refractivity contribution in [3.63, 3.8) is 0 Å². The van der Waals surface area contributed by atoms with Gasteiger partial charge in [-0.1, -0.05) is 5.16 Å². The van der Waals surface area contributed by atoms with E-state index in [9.17, 15) is 13.6 Å². The first-order valence-electron chi connectivity index (χ1n) is 7.78. The van der Waals surface area contributed by atoms with Crippen molar-refractivity contribution in [3.8, 4) is 17.1 Å². The highest BCUT2D eigenvalue weighted by Gasteiger charge is 2.17. The minimum absolute atomic E-state index is 0.208. The molecule has 0 aliphatic rings. The molecule has 0 saturated heterocycles. The smallest absolute Gasteiger partial charge is 0.258 e. The van der Waals surface area contributed by atoms with Crippen LogP contribution in [0.3, 0.4) is 0 Å². The van der Waals surface area contributed by atoms with Gasteiger partial charge in [0.2, 0.25) is 11.7 Å². The summed E-state index contributed by atoms with van der Waals surface area (Å²) in [7, 11) is 0. The fourth-order valence-electron chi connectivity index (χ4n) is 2.15. The first kappa shape index (κ1) is 17.5. The first-order chi connectivity index (χ1) is 12.5. The van der Waals surface area contributed by atoms with Gasteiger partial charge >= 0.3 is 0 Å². The minimum atomic E-state index is -0.541. The molecule has 1 atom stereocenters. The molecular weight excluding hydrogens is 344 g/mol. The Labute approximate surface area is 147 Å². The number of ether oxygens (including phenoxy) is 1. The molecule has 0 bridgehead atoms. The highest BCUT2D eigenvalue weighted by Crippen LogP contribution is 2.19. The molecule has 0 aliphatic heterocycles. The number of carbonyl (C=O) groups excluding carboxylic acids is 1. The molecular formula is C18H15F2N3O3. The molecule has 0 radical (unpaired) electrons. The maximum absolute atomic E-state index is 13.0. The lowest BCUT2D eigenvalue weighted by atomic mass is 10.2. The summed E-state index contributed by atoms with van der Waals surface area (Å²) >= 11 is 0. The Balaban J connectivity index is 1.55. The molecule has 2 aromatic carbocycles. The summed E-state index contributed by atoms with van der Waals surface area (Å²) < 4.78 is 36.2. The van der Waals surface area contributed by atoms with Crippen LogP contribution >= 0.6 is 0 Å². The number of hydrogen-bond donors (Lipinski definition) is 1. The van der Waals surface area contributed by atoms with E-state index >= 15 is 0 Å². The summed E-state index contributed by atoms with van der Waals surface area (Å²) in [4.78, 5) is 16.1. The van der Waals surface area contributed by atoms with Crippen LogP contribution in [0.5, 0.6) is 5.75 Å². The van der Waals surface area contributed by atoms with Crippen molar-refractivity contribution in [1.82, 2.24) is 15.5 Å².